The maximum absolute atomic E-state index is 5.42. The van der Waals surface area contributed by atoms with Crippen LogP contribution in [0.3, 0.4) is 0 Å². The molecule has 1 N–H and O–H groups in total. The SMILES string of the molecule is CNCC(C)OCc1nc(C)no1. The number of nitrogens with one attached hydrogen (secondary N) is 1. The lowest BCUT2D eigenvalue weighted by Crippen LogP contribution is -2.23. The lowest BCUT2D eigenvalue weighted by atomic mass is 10.4. The van der Waals surface area contributed by atoms with Crippen molar-refractivity contribution in [1.82, 2.24) is 15.5 Å². The predicted octanol–water partition coefficient (Wildman–Crippen LogP) is 0.503. The maximum atomic E-state index is 5.42. The smallest absolute Gasteiger partial charge is 0.252 e. The molecule has 1 heterocycles. The molecule has 0 radical (unpaired) electrons. The molecule has 0 aliphatic rings. The fourth-order valence-corrected chi connectivity index (χ4v) is 0.959. The van der Waals surface area contributed by atoms with Crippen molar-refractivity contribution in [3.63, 3.8) is 0 Å². The Bertz CT molecular complexity index is 249. The van der Waals surface area contributed by atoms with Gasteiger partial charge in [0, 0.05) is 6.54 Å². The van der Waals surface area contributed by atoms with Crippen molar-refractivity contribution in [2.24, 2.45) is 0 Å². The lowest BCUT2D eigenvalue weighted by Gasteiger charge is -2.09. The number of hydrogen-bond donors (Lipinski definition) is 1. The van der Waals surface area contributed by atoms with Gasteiger partial charge in [0.25, 0.3) is 5.89 Å². The minimum atomic E-state index is 0.150. The molecule has 1 rings (SSSR count). The van der Waals surface area contributed by atoms with Crippen molar-refractivity contribution in [3.8, 4) is 0 Å². The summed E-state index contributed by atoms with van der Waals surface area (Å²) in [4.78, 5) is 4.02. The molecule has 0 aliphatic carbocycles. The van der Waals surface area contributed by atoms with Crippen LogP contribution in [-0.2, 0) is 11.3 Å². The van der Waals surface area contributed by atoms with Gasteiger partial charge in [-0.05, 0) is 20.9 Å². The van der Waals surface area contributed by atoms with Gasteiger partial charge in [0.1, 0.15) is 6.61 Å². The van der Waals surface area contributed by atoms with Crippen LogP contribution >= 0.6 is 0 Å². The molecule has 0 aliphatic heterocycles. The zero-order valence-electron chi connectivity index (χ0n) is 8.20. The molecule has 0 spiro atoms. The van der Waals surface area contributed by atoms with Crippen LogP contribution < -0.4 is 5.32 Å². The molecular formula is C8H15N3O2. The summed E-state index contributed by atoms with van der Waals surface area (Å²) in [5.41, 5.74) is 0. The highest BCUT2D eigenvalue weighted by Crippen LogP contribution is 2.00. The Kier molecular flexibility index (Phi) is 3.85. The molecule has 1 aromatic rings. The van der Waals surface area contributed by atoms with Gasteiger partial charge in [0.2, 0.25) is 0 Å². The lowest BCUT2D eigenvalue weighted by molar-refractivity contribution is 0.0386. The van der Waals surface area contributed by atoms with Crippen LogP contribution in [0, 0.1) is 6.92 Å². The van der Waals surface area contributed by atoms with Gasteiger partial charge >= 0.3 is 0 Å². The summed E-state index contributed by atoms with van der Waals surface area (Å²) in [7, 11) is 1.89. The van der Waals surface area contributed by atoms with Crippen molar-refractivity contribution >= 4 is 0 Å². The number of hydrogen-bond acceptors (Lipinski definition) is 5. The van der Waals surface area contributed by atoms with E-state index < -0.39 is 0 Å². The van der Waals surface area contributed by atoms with Crippen LogP contribution in [-0.4, -0.2) is 29.8 Å². The van der Waals surface area contributed by atoms with Gasteiger partial charge in [-0.3, -0.25) is 0 Å². The maximum Gasteiger partial charge on any atom is 0.252 e. The largest absolute Gasteiger partial charge is 0.367 e. The molecule has 0 saturated carbocycles. The normalized spacial score (nSPS) is 13.2. The minimum absolute atomic E-state index is 0.150. The summed E-state index contributed by atoms with van der Waals surface area (Å²) < 4.78 is 10.3. The van der Waals surface area contributed by atoms with Crippen LogP contribution in [0.2, 0.25) is 0 Å². The molecule has 0 amide bonds. The third-order valence-electron chi connectivity index (χ3n) is 1.55. The van der Waals surface area contributed by atoms with Crippen LogP contribution in [0.5, 0.6) is 0 Å². The first-order valence-electron chi connectivity index (χ1n) is 4.27. The van der Waals surface area contributed by atoms with E-state index in [9.17, 15) is 0 Å². The topological polar surface area (TPSA) is 60.2 Å². The second kappa shape index (κ2) is 4.94. The van der Waals surface area contributed by atoms with E-state index in [0.717, 1.165) is 6.54 Å². The Morgan fingerprint density at radius 1 is 1.62 bits per heavy atom. The number of likely N-dealkylation sites (N-methyl/N-ethyl adjacent to an activating group) is 1. The average molecular weight is 185 g/mol. The van der Waals surface area contributed by atoms with Crippen LogP contribution in [0.25, 0.3) is 0 Å². The Hall–Kier alpha value is -0.940. The number of aryl methyl sites for hydroxylation is 1. The molecule has 0 aromatic carbocycles. The second-order valence-corrected chi connectivity index (χ2v) is 2.91. The summed E-state index contributed by atoms with van der Waals surface area (Å²) in [6, 6.07) is 0. The highest BCUT2D eigenvalue weighted by atomic mass is 16.5. The molecule has 1 unspecified atom stereocenters. The molecule has 1 atom stereocenters. The van der Waals surface area contributed by atoms with Gasteiger partial charge in [0.05, 0.1) is 6.10 Å². The van der Waals surface area contributed by atoms with Crippen LogP contribution in [0.4, 0.5) is 0 Å². The van der Waals surface area contributed by atoms with Crippen molar-refractivity contribution in [2.75, 3.05) is 13.6 Å². The summed E-state index contributed by atoms with van der Waals surface area (Å²) in [6.07, 6.45) is 0.150. The monoisotopic (exact) mass is 185 g/mol. The van der Waals surface area contributed by atoms with Gasteiger partial charge in [-0.1, -0.05) is 5.16 Å². The molecule has 1 aromatic heterocycles. The van der Waals surface area contributed by atoms with Crippen LogP contribution in [0.1, 0.15) is 18.6 Å². The van der Waals surface area contributed by atoms with Gasteiger partial charge in [0.15, 0.2) is 5.82 Å². The van der Waals surface area contributed by atoms with E-state index >= 15 is 0 Å². The van der Waals surface area contributed by atoms with E-state index in [4.69, 9.17) is 9.26 Å². The minimum Gasteiger partial charge on any atom is -0.367 e. The van der Waals surface area contributed by atoms with E-state index in [0.29, 0.717) is 18.3 Å². The number of rotatable bonds is 5. The summed E-state index contributed by atoms with van der Waals surface area (Å²) >= 11 is 0. The first-order chi connectivity index (χ1) is 6.22. The van der Waals surface area contributed by atoms with E-state index in [1.54, 1.807) is 6.92 Å². The van der Waals surface area contributed by atoms with Gasteiger partial charge in [-0.15, -0.1) is 0 Å². The molecule has 13 heavy (non-hydrogen) atoms. The first-order valence-corrected chi connectivity index (χ1v) is 4.27. The first kappa shape index (κ1) is 10.1. The average Bonchev–Trinajstić information content (AvgIpc) is 2.49. The highest BCUT2D eigenvalue weighted by molar-refractivity contribution is 4.80. The Labute approximate surface area is 77.5 Å². The molecule has 0 fully saturated rings. The third-order valence-corrected chi connectivity index (χ3v) is 1.55. The summed E-state index contributed by atoms with van der Waals surface area (Å²) in [6.45, 7) is 4.96. The molecule has 5 nitrogen and oxygen atoms in total. The summed E-state index contributed by atoms with van der Waals surface area (Å²) in [5.74, 6) is 1.17. The fraction of sp³-hybridized carbons (Fsp3) is 0.750. The van der Waals surface area contributed by atoms with E-state index in [1.165, 1.54) is 0 Å². The quantitative estimate of drug-likeness (QED) is 0.724. The third kappa shape index (κ3) is 3.52. The van der Waals surface area contributed by atoms with E-state index in [2.05, 4.69) is 15.5 Å². The molecular weight excluding hydrogens is 170 g/mol. The predicted molar refractivity (Wildman–Crippen MR) is 47.2 cm³/mol. The van der Waals surface area contributed by atoms with Crippen molar-refractivity contribution < 1.29 is 9.26 Å². The van der Waals surface area contributed by atoms with Crippen LogP contribution in [0.15, 0.2) is 4.52 Å². The number of ether oxygens (including phenoxy) is 1. The van der Waals surface area contributed by atoms with Gasteiger partial charge < -0.3 is 14.6 Å². The zero-order valence-corrected chi connectivity index (χ0v) is 8.20. The number of aromatic nitrogens is 2. The molecule has 5 heteroatoms. The molecule has 0 saturated heterocycles. The zero-order chi connectivity index (χ0) is 9.68. The van der Waals surface area contributed by atoms with E-state index in [-0.39, 0.29) is 6.10 Å². The fourth-order valence-electron chi connectivity index (χ4n) is 0.959. The Balaban J connectivity index is 2.26. The Morgan fingerprint density at radius 2 is 2.38 bits per heavy atom. The van der Waals surface area contributed by atoms with Gasteiger partial charge in [-0.25, -0.2) is 0 Å². The van der Waals surface area contributed by atoms with Gasteiger partial charge in [-0.2, -0.15) is 4.98 Å². The van der Waals surface area contributed by atoms with E-state index in [1.807, 2.05) is 14.0 Å². The van der Waals surface area contributed by atoms with Crippen molar-refractivity contribution in [2.45, 2.75) is 26.6 Å². The van der Waals surface area contributed by atoms with Crippen molar-refractivity contribution in [1.29, 1.82) is 0 Å². The molecule has 0 bridgehead atoms. The number of nitrogens with zero attached hydrogens (tertiary/aromatic N) is 2. The summed E-state index contributed by atoms with van der Waals surface area (Å²) in [5, 5.41) is 6.68. The standard InChI is InChI=1S/C8H15N3O2/c1-6(4-9-3)12-5-8-10-7(2)11-13-8/h6,9H,4-5H2,1-3H3. The van der Waals surface area contributed by atoms with Crippen molar-refractivity contribution in [3.05, 3.63) is 11.7 Å². The second-order valence-electron chi connectivity index (χ2n) is 2.91. The Morgan fingerprint density at radius 3 is 2.92 bits per heavy atom. The molecule has 74 valence electrons. The highest BCUT2D eigenvalue weighted by Gasteiger charge is 2.05.